The molecule has 0 aliphatic carbocycles. The Morgan fingerprint density at radius 3 is 2.65 bits per heavy atom. The van der Waals surface area contributed by atoms with E-state index >= 15 is 0 Å². The molecule has 124 valence electrons. The SMILES string of the molecule is Cc1csc(=O)n1CCC(=O)Nc1ccc(Br)c(C(F)(F)F)c1. The minimum absolute atomic E-state index is 0.00506. The molecule has 2 rings (SSSR count). The highest BCUT2D eigenvalue weighted by Crippen LogP contribution is 2.36. The maximum atomic E-state index is 12.8. The Balaban J connectivity index is 2.05. The van der Waals surface area contributed by atoms with Gasteiger partial charge >= 0.3 is 11.0 Å². The summed E-state index contributed by atoms with van der Waals surface area (Å²) in [6, 6.07) is 3.47. The molecule has 1 aromatic carbocycles. The Kier molecular flexibility index (Phi) is 5.30. The zero-order chi connectivity index (χ0) is 17.2. The zero-order valence-corrected chi connectivity index (χ0v) is 14.3. The van der Waals surface area contributed by atoms with Crippen LogP contribution in [0, 0.1) is 6.92 Å². The van der Waals surface area contributed by atoms with Crippen molar-refractivity contribution in [2.45, 2.75) is 26.1 Å². The van der Waals surface area contributed by atoms with E-state index in [9.17, 15) is 22.8 Å². The average Bonchev–Trinajstić information content (AvgIpc) is 2.77. The van der Waals surface area contributed by atoms with Crippen molar-refractivity contribution in [3.05, 3.63) is 49.0 Å². The monoisotopic (exact) mass is 408 g/mol. The van der Waals surface area contributed by atoms with E-state index in [4.69, 9.17) is 0 Å². The number of aryl methyl sites for hydroxylation is 1. The fraction of sp³-hybridized carbons (Fsp3) is 0.286. The second-order valence-corrected chi connectivity index (χ2v) is 6.46. The number of benzene rings is 1. The number of alkyl halides is 3. The zero-order valence-electron chi connectivity index (χ0n) is 11.9. The number of halogens is 4. The van der Waals surface area contributed by atoms with Gasteiger partial charge in [-0.15, -0.1) is 0 Å². The lowest BCUT2D eigenvalue weighted by molar-refractivity contribution is -0.138. The van der Waals surface area contributed by atoms with Crippen LogP contribution in [0.1, 0.15) is 17.7 Å². The second kappa shape index (κ2) is 6.88. The molecule has 0 saturated heterocycles. The third kappa shape index (κ3) is 4.44. The van der Waals surface area contributed by atoms with Gasteiger partial charge in [0.05, 0.1) is 5.56 Å². The molecule has 0 spiro atoms. The number of rotatable bonds is 4. The first-order valence-electron chi connectivity index (χ1n) is 6.50. The summed E-state index contributed by atoms with van der Waals surface area (Å²) in [5, 5.41) is 4.10. The number of thiazole rings is 1. The molecule has 2 aromatic rings. The first kappa shape index (κ1) is 17.7. The molecule has 1 amide bonds. The third-order valence-electron chi connectivity index (χ3n) is 3.09. The van der Waals surface area contributed by atoms with Gasteiger partial charge in [-0.1, -0.05) is 27.3 Å². The summed E-state index contributed by atoms with van der Waals surface area (Å²) in [4.78, 5) is 23.2. The first-order valence-corrected chi connectivity index (χ1v) is 8.17. The van der Waals surface area contributed by atoms with E-state index in [1.807, 2.05) is 0 Å². The summed E-state index contributed by atoms with van der Waals surface area (Å²) < 4.78 is 39.8. The van der Waals surface area contributed by atoms with Gasteiger partial charge in [0.15, 0.2) is 0 Å². The Bertz CT molecular complexity index is 783. The van der Waals surface area contributed by atoms with Crippen LogP contribution in [0.5, 0.6) is 0 Å². The Hall–Kier alpha value is -1.61. The molecule has 0 atom stereocenters. The summed E-state index contributed by atoms with van der Waals surface area (Å²) in [6.07, 6.45) is -4.52. The van der Waals surface area contributed by atoms with Gasteiger partial charge in [0, 0.05) is 34.2 Å². The van der Waals surface area contributed by atoms with Crippen molar-refractivity contribution in [2.24, 2.45) is 0 Å². The van der Waals surface area contributed by atoms with Crippen LogP contribution in [0.3, 0.4) is 0 Å². The minimum Gasteiger partial charge on any atom is -0.326 e. The third-order valence-corrected chi connectivity index (χ3v) is 4.67. The standard InChI is InChI=1S/C14H12BrF3N2O2S/c1-8-7-23-13(22)20(8)5-4-12(21)19-9-2-3-11(15)10(6-9)14(16,17)18/h2-3,6-7H,4-5H2,1H3,(H,19,21). The molecular weight excluding hydrogens is 397 g/mol. The summed E-state index contributed by atoms with van der Waals surface area (Å²) in [7, 11) is 0. The predicted octanol–water partition coefficient (Wildman–Crippen LogP) is 4.03. The molecule has 0 radical (unpaired) electrons. The van der Waals surface area contributed by atoms with Crippen LogP contribution in [0.15, 0.2) is 32.8 Å². The maximum absolute atomic E-state index is 12.8. The molecule has 23 heavy (non-hydrogen) atoms. The molecule has 4 nitrogen and oxygen atoms in total. The van der Waals surface area contributed by atoms with Gasteiger partial charge in [0.1, 0.15) is 0 Å². The van der Waals surface area contributed by atoms with E-state index in [-0.39, 0.29) is 28.0 Å². The number of hydrogen-bond donors (Lipinski definition) is 1. The lowest BCUT2D eigenvalue weighted by atomic mass is 10.2. The molecule has 0 aliphatic heterocycles. The van der Waals surface area contributed by atoms with Crippen molar-refractivity contribution in [1.29, 1.82) is 0 Å². The van der Waals surface area contributed by atoms with Crippen molar-refractivity contribution in [3.8, 4) is 0 Å². The first-order chi connectivity index (χ1) is 10.7. The van der Waals surface area contributed by atoms with Gasteiger partial charge in [-0.25, -0.2) is 0 Å². The van der Waals surface area contributed by atoms with Crippen molar-refractivity contribution in [1.82, 2.24) is 4.57 Å². The van der Waals surface area contributed by atoms with Crippen LogP contribution in [0.25, 0.3) is 0 Å². The van der Waals surface area contributed by atoms with Crippen LogP contribution in [0.2, 0.25) is 0 Å². The molecular formula is C14H12BrF3N2O2S. The number of aromatic nitrogens is 1. The second-order valence-electron chi connectivity index (χ2n) is 4.79. The van der Waals surface area contributed by atoms with Crippen LogP contribution < -0.4 is 10.2 Å². The average molecular weight is 409 g/mol. The Morgan fingerprint density at radius 1 is 1.39 bits per heavy atom. The molecule has 0 fully saturated rings. The van der Waals surface area contributed by atoms with Crippen LogP contribution in [-0.4, -0.2) is 10.5 Å². The summed E-state index contributed by atoms with van der Waals surface area (Å²) in [6.45, 7) is 1.93. The van der Waals surface area contributed by atoms with Crippen molar-refractivity contribution < 1.29 is 18.0 Å². The number of nitrogens with one attached hydrogen (secondary N) is 1. The molecule has 0 unspecified atom stereocenters. The lowest BCUT2D eigenvalue weighted by Crippen LogP contribution is -2.20. The number of anilines is 1. The molecule has 9 heteroatoms. The highest BCUT2D eigenvalue weighted by atomic mass is 79.9. The van der Waals surface area contributed by atoms with E-state index in [1.165, 1.54) is 16.7 Å². The lowest BCUT2D eigenvalue weighted by Gasteiger charge is -2.12. The topological polar surface area (TPSA) is 51.1 Å². The molecule has 0 bridgehead atoms. The van der Waals surface area contributed by atoms with E-state index < -0.39 is 17.6 Å². The summed E-state index contributed by atoms with van der Waals surface area (Å²) in [5.74, 6) is -0.460. The van der Waals surface area contributed by atoms with Crippen molar-refractivity contribution in [3.63, 3.8) is 0 Å². The van der Waals surface area contributed by atoms with Gasteiger partial charge in [0.2, 0.25) is 5.91 Å². The van der Waals surface area contributed by atoms with Gasteiger partial charge in [-0.2, -0.15) is 13.2 Å². The number of carbonyl (C=O) groups excluding carboxylic acids is 1. The van der Waals surface area contributed by atoms with Gasteiger partial charge < -0.3 is 9.88 Å². The van der Waals surface area contributed by atoms with E-state index in [0.29, 0.717) is 0 Å². The fourth-order valence-electron chi connectivity index (χ4n) is 1.93. The Labute approximate surface area is 142 Å². The predicted molar refractivity (Wildman–Crippen MR) is 85.7 cm³/mol. The fourth-order valence-corrected chi connectivity index (χ4v) is 3.16. The molecule has 0 saturated carbocycles. The number of hydrogen-bond acceptors (Lipinski definition) is 3. The van der Waals surface area contributed by atoms with Crippen molar-refractivity contribution in [2.75, 3.05) is 5.32 Å². The summed E-state index contributed by atoms with van der Waals surface area (Å²) >= 11 is 3.87. The molecule has 1 aromatic heterocycles. The van der Waals surface area contributed by atoms with Gasteiger partial charge in [-0.3, -0.25) is 9.59 Å². The highest BCUT2D eigenvalue weighted by molar-refractivity contribution is 9.10. The van der Waals surface area contributed by atoms with Crippen LogP contribution >= 0.6 is 27.3 Å². The summed E-state index contributed by atoms with van der Waals surface area (Å²) in [5.41, 5.74) is -0.0593. The minimum atomic E-state index is -4.51. The number of carbonyl (C=O) groups is 1. The van der Waals surface area contributed by atoms with Gasteiger partial charge in [-0.05, 0) is 25.1 Å². The van der Waals surface area contributed by atoms with Crippen LogP contribution in [0.4, 0.5) is 18.9 Å². The number of nitrogens with zero attached hydrogens (tertiary/aromatic N) is 1. The Morgan fingerprint density at radius 2 is 2.09 bits per heavy atom. The normalized spacial score (nSPS) is 11.5. The molecule has 1 heterocycles. The smallest absolute Gasteiger partial charge is 0.326 e. The quantitative estimate of drug-likeness (QED) is 0.829. The molecule has 1 N–H and O–H groups in total. The molecule has 0 aliphatic rings. The van der Waals surface area contributed by atoms with E-state index in [2.05, 4.69) is 21.2 Å². The largest absolute Gasteiger partial charge is 0.417 e. The van der Waals surface area contributed by atoms with Gasteiger partial charge in [0.25, 0.3) is 0 Å². The van der Waals surface area contributed by atoms with E-state index in [0.717, 1.165) is 23.1 Å². The van der Waals surface area contributed by atoms with Crippen molar-refractivity contribution >= 4 is 38.9 Å². The number of amides is 1. The van der Waals surface area contributed by atoms with Crippen LogP contribution in [-0.2, 0) is 17.5 Å². The highest BCUT2D eigenvalue weighted by Gasteiger charge is 2.33. The maximum Gasteiger partial charge on any atom is 0.417 e. The van der Waals surface area contributed by atoms with E-state index in [1.54, 1.807) is 12.3 Å².